The zero-order valence-corrected chi connectivity index (χ0v) is 9.77. The van der Waals surface area contributed by atoms with Gasteiger partial charge >= 0.3 is 0 Å². The normalized spacial score (nSPS) is 10.4. The van der Waals surface area contributed by atoms with Gasteiger partial charge in [0, 0.05) is 12.0 Å². The van der Waals surface area contributed by atoms with Crippen molar-refractivity contribution < 1.29 is 9.59 Å². The van der Waals surface area contributed by atoms with Crippen LogP contribution in [0.3, 0.4) is 0 Å². The number of rotatable bonds is 4. The van der Waals surface area contributed by atoms with Crippen molar-refractivity contribution in [1.82, 2.24) is 0 Å². The van der Waals surface area contributed by atoms with Crippen LogP contribution < -0.4 is 0 Å². The first-order valence-corrected chi connectivity index (χ1v) is 5.67. The highest BCUT2D eigenvalue weighted by molar-refractivity contribution is 5.99. The fraction of sp³-hybridized carbons (Fsp3) is 0.200. The maximum absolute atomic E-state index is 11.0. The van der Waals surface area contributed by atoms with Gasteiger partial charge in [0.1, 0.15) is 5.78 Å². The summed E-state index contributed by atoms with van der Waals surface area (Å²) in [5.74, 6) is 0.188. The summed E-state index contributed by atoms with van der Waals surface area (Å²) in [7, 11) is 0. The number of hydrogen-bond acceptors (Lipinski definition) is 2. The molecule has 0 fully saturated rings. The van der Waals surface area contributed by atoms with Crippen LogP contribution in [0.4, 0.5) is 0 Å². The highest BCUT2D eigenvalue weighted by Gasteiger charge is 2.05. The molecular formula is C15H14O2. The Kier molecular flexibility index (Phi) is 3.33. The predicted octanol–water partition coefficient (Wildman–Crippen LogP) is 3.17. The second kappa shape index (κ2) is 4.91. The molecule has 0 atom stereocenters. The molecule has 2 rings (SSSR count). The van der Waals surface area contributed by atoms with Gasteiger partial charge in [-0.25, -0.2) is 0 Å². The number of fused-ring (bicyclic) bond motifs is 1. The van der Waals surface area contributed by atoms with Crippen LogP contribution >= 0.6 is 0 Å². The fourth-order valence-corrected chi connectivity index (χ4v) is 2.02. The molecule has 0 bridgehead atoms. The minimum Gasteiger partial charge on any atom is -0.300 e. The van der Waals surface area contributed by atoms with Crippen molar-refractivity contribution >= 4 is 22.8 Å². The Morgan fingerprint density at radius 3 is 2.47 bits per heavy atom. The maximum Gasteiger partial charge on any atom is 0.150 e. The smallest absolute Gasteiger partial charge is 0.150 e. The molecule has 0 amide bonds. The molecule has 0 aliphatic heterocycles. The van der Waals surface area contributed by atoms with Crippen molar-refractivity contribution in [3.63, 3.8) is 0 Å². The quantitative estimate of drug-likeness (QED) is 0.750. The molecule has 0 unspecified atom stereocenters. The van der Waals surface area contributed by atoms with Gasteiger partial charge in [0.15, 0.2) is 6.29 Å². The van der Waals surface area contributed by atoms with Gasteiger partial charge in [-0.1, -0.05) is 36.4 Å². The van der Waals surface area contributed by atoms with E-state index in [0.29, 0.717) is 12.0 Å². The van der Waals surface area contributed by atoms with Crippen LogP contribution in [0.1, 0.15) is 29.3 Å². The Morgan fingerprint density at radius 1 is 1.12 bits per heavy atom. The van der Waals surface area contributed by atoms with Gasteiger partial charge in [-0.3, -0.25) is 4.79 Å². The minimum atomic E-state index is 0.188. The van der Waals surface area contributed by atoms with Gasteiger partial charge in [-0.05, 0) is 29.7 Å². The molecule has 0 saturated heterocycles. The summed E-state index contributed by atoms with van der Waals surface area (Å²) in [4.78, 5) is 22.0. The van der Waals surface area contributed by atoms with Crippen molar-refractivity contribution in [2.24, 2.45) is 0 Å². The molecule has 0 N–H and O–H groups in total. The Bertz CT molecular complexity index is 570. The lowest BCUT2D eigenvalue weighted by molar-refractivity contribution is -0.116. The van der Waals surface area contributed by atoms with Crippen molar-refractivity contribution in [2.45, 2.75) is 19.8 Å². The summed E-state index contributed by atoms with van der Waals surface area (Å²) in [6.45, 7) is 1.60. The number of Topliss-reactive ketones (excluding diaryl/α,β-unsaturated/α-hetero) is 1. The molecule has 0 aliphatic rings. The predicted molar refractivity (Wildman–Crippen MR) is 68.3 cm³/mol. The van der Waals surface area contributed by atoms with Gasteiger partial charge in [-0.2, -0.15) is 0 Å². The van der Waals surface area contributed by atoms with E-state index in [1.54, 1.807) is 6.92 Å². The van der Waals surface area contributed by atoms with Crippen molar-refractivity contribution in [1.29, 1.82) is 0 Å². The molecule has 0 aromatic heterocycles. The Labute approximate surface area is 100 Å². The molecule has 0 aliphatic carbocycles. The lowest BCUT2D eigenvalue weighted by Gasteiger charge is -2.07. The standard InChI is InChI=1S/C15H14O2/c1-11(17)6-7-12-8-9-13(10-16)15-5-3-2-4-14(12)15/h2-5,8-10H,6-7H2,1H3. The van der Waals surface area contributed by atoms with Crippen molar-refractivity contribution in [2.75, 3.05) is 0 Å². The molecule has 0 spiro atoms. The van der Waals surface area contributed by atoms with Crippen LogP contribution in [-0.2, 0) is 11.2 Å². The summed E-state index contributed by atoms with van der Waals surface area (Å²) >= 11 is 0. The van der Waals surface area contributed by atoms with Gasteiger partial charge in [-0.15, -0.1) is 0 Å². The van der Waals surface area contributed by atoms with E-state index < -0.39 is 0 Å². The van der Waals surface area contributed by atoms with Crippen LogP contribution in [0.5, 0.6) is 0 Å². The molecule has 2 nitrogen and oxygen atoms in total. The van der Waals surface area contributed by atoms with Crippen molar-refractivity contribution in [3.05, 3.63) is 47.5 Å². The summed E-state index contributed by atoms with van der Waals surface area (Å²) in [6.07, 6.45) is 2.15. The highest BCUT2D eigenvalue weighted by atomic mass is 16.1. The summed E-state index contributed by atoms with van der Waals surface area (Å²) in [5, 5.41) is 2.03. The Balaban J connectivity index is 2.50. The van der Waals surface area contributed by atoms with Gasteiger partial charge in [0.25, 0.3) is 0 Å². The van der Waals surface area contributed by atoms with E-state index in [4.69, 9.17) is 0 Å². The average molecular weight is 226 g/mol. The minimum absolute atomic E-state index is 0.188. The van der Waals surface area contributed by atoms with E-state index in [1.807, 2.05) is 36.4 Å². The Hall–Kier alpha value is -1.96. The van der Waals surface area contributed by atoms with Gasteiger partial charge in [0.2, 0.25) is 0 Å². The number of aryl methyl sites for hydroxylation is 1. The Morgan fingerprint density at radius 2 is 1.82 bits per heavy atom. The first-order chi connectivity index (χ1) is 8.22. The molecule has 2 aromatic carbocycles. The number of carbonyl (C=O) groups is 2. The third-order valence-corrected chi connectivity index (χ3v) is 2.92. The van der Waals surface area contributed by atoms with Gasteiger partial charge < -0.3 is 4.79 Å². The number of carbonyl (C=O) groups excluding carboxylic acids is 2. The lowest BCUT2D eigenvalue weighted by Crippen LogP contribution is -1.96. The lowest BCUT2D eigenvalue weighted by atomic mass is 9.97. The number of ketones is 1. The molecule has 0 saturated carbocycles. The zero-order valence-electron chi connectivity index (χ0n) is 9.77. The number of aldehydes is 1. The monoisotopic (exact) mass is 226 g/mol. The zero-order chi connectivity index (χ0) is 12.3. The van der Waals surface area contributed by atoms with E-state index >= 15 is 0 Å². The van der Waals surface area contributed by atoms with E-state index in [-0.39, 0.29) is 5.78 Å². The van der Waals surface area contributed by atoms with E-state index in [9.17, 15) is 9.59 Å². The van der Waals surface area contributed by atoms with Crippen LogP contribution in [-0.4, -0.2) is 12.1 Å². The molecular weight excluding hydrogens is 212 g/mol. The van der Waals surface area contributed by atoms with E-state index in [0.717, 1.165) is 29.0 Å². The molecule has 2 heteroatoms. The van der Waals surface area contributed by atoms with Crippen LogP contribution in [0, 0.1) is 0 Å². The summed E-state index contributed by atoms with van der Waals surface area (Å²) in [5.41, 5.74) is 1.83. The highest BCUT2D eigenvalue weighted by Crippen LogP contribution is 2.22. The third kappa shape index (κ3) is 2.41. The third-order valence-electron chi connectivity index (χ3n) is 2.92. The largest absolute Gasteiger partial charge is 0.300 e. The molecule has 0 radical (unpaired) electrons. The van der Waals surface area contributed by atoms with Crippen LogP contribution in [0.25, 0.3) is 10.8 Å². The second-order valence-corrected chi connectivity index (χ2v) is 4.18. The first-order valence-electron chi connectivity index (χ1n) is 5.67. The number of hydrogen-bond donors (Lipinski definition) is 0. The molecule has 0 heterocycles. The fourth-order valence-electron chi connectivity index (χ4n) is 2.02. The SMILES string of the molecule is CC(=O)CCc1ccc(C=O)c2ccccc12. The second-order valence-electron chi connectivity index (χ2n) is 4.18. The molecule has 2 aromatic rings. The maximum atomic E-state index is 11.0. The summed E-state index contributed by atoms with van der Waals surface area (Å²) < 4.78 is 0. The van der Waals surface area contributed by atoms with Crippen LogP contribution in [0.2, 0.25) is 0 Å². The van der Waals surface area contributed by atoms with Crippen molar-refractivity contribution in [3.8, 4) is 0 Å². The van der Waals surface area contributed by atoms with Crippen LogP contribution in [0.15, 0.2) is 36.4 Å². The van der Waals surface area contributed by atoms with Gasteiger partial charge in [0.05, 0.1) is 0 Å². The first kappa shape index (κ1) is 11.5. The molecule has 17 heavy (non-hydrogen) atoms. The molecule has 86 valence electrons. The van der Waals surface area contributed by atoms with E-state index in [1.165, 1.54) is 0 Å². The average Bonchev–Trinajstić information content (AvgIpc) is 2.35. The summed E-state index contributed by atoms with van der Waals surface area (Å²) in [6, 6.07) is 11.6. The van der Waals surface area contributed by atoms with E-state index in [2.05, 4.69) is 0 Å². The number of benzene rings is 2. The topological polar surface area (TPSA) is 34.1 Å².